The van der Waals surface area contributed by atoms with E-state index >= 15 is 0 Å². The van der Waals surface area contributed by atoms with Crippen molar-refractivity contribution in [2.45, 2.75) is 46.2 Å². The number of rotatable bonds is 6. The molecule has 1 aliphatic carbocycles. The zero-order chi connectivity index (χ0) is 12.4. The predicted molar refractivity (Wildman–Crippen MR) is 69.6 cm³/mol. The molecule has 0 aliphatic heterocycles. The summed E-state index contributed by atoms with van der Waals surface area (Å²) < 4.78 is 2.26. The summed E-state index contributed by atoms with van der Waals surface area (Å²) in [6, 6.07) is 2.80. The van der Waals surface area contributed by atoms with Crippen LogP contribution in [0.1, 0.15) is 41.5 Å². The fourth-order valence-corrected chi connectivity index (χ4v) is 2.56. The average molecular weight is 234 g/mol. The molecule has 3 nitrogen and oxygen atoms in total. The molecule has 1 saturated carbocycles. The van der Waals surface area contributed by atoms with Crippen LogP contribution in [-0.4, -0.2) is 34.9 Å². The molecular formula is C14H22N2O. The number of hydrogen-bond acceptors (Lipinski definition) is 2. The van der Waals surface area contributed by atoms with Crippen LogP contribution in [0.5, 0.6) is 0 Å². The van der Waals surface area contributed by atoms with Crippen molar-refractivity contribution in [1.82, 2.24) is 9.47 Å². The smallest absolute Gasteiger partial charge is 0.151 e. The van der Waals surface area contributed by atoms with Gasteiger partial charge in [0.1, 0.15) is 0 Å². The van der Waals surface area contributed by atoms with E-state index in [1.807, 2.05) is 13.0 Å². The van der Waals surface area contributed by atoms with Crippen molar-refractivity contribution in [1.29, 1.82) is 0 Å². The molecular weight excluding hydrogens is 212 g/mol. The lowest BCUT2D eigenvalue weighted by Crippen LogP contribution is -2.29. The van der Waals surface area contributed by atoms with Crippen LogP contribution in [0.3, 0.4) is 0 Å². The van der Waals surface area contributed by atoms with E-state index in [0.29, 0.717) is 0 Å². The number of aldehydes is 1. The molecule has 1 aliphatic rings. The molecule has 2 rings (SSSR count). The SMILES string of the molecule is CCN(CCn1c(C)cc(C=O)c1C)C1CC1. The molecule has 94 valence electrons. The lowest BCUT2D eigenvalue weighted by atomic mass is 10.3. The normalized spacial score (nSPS) is 15.5. The van der Waals surface area contributed by atoms with Gasteiger partial charge in [-0.25, -0.2) is 0 Å². The minimum Gasteiger partial charge on any atom is -0.347 e. The Morgan fingerprint density at radius 2 is 2.18 bits per heavy atom. The molecule has 0 aromatic carbocycles. The Balaban J connectivity index is 2.02. The van der Waals surface area contributed by atoms with Crippen LogP contribution in [0.2, 0.25) is 0 Å². The van der Waals surface area contributed by atoms with Crippen molar-refractivity contribution < 1.29 is 4.79 Å². The van der Waals surface area contributed by atoms with Crippen molar-refractivity contribution in [3.63, 3.8) is 0 Å². The van der Waals surface area contributed by atoms with Gasteiger partial charge in [0.05, 0.1) is 0 Å². The van der Waals surface area contributed by atoms with Crippen LogP contribution in [0.4, 0.5) is 0 Å². The van der Waals surface area contributed by atoms with Gasteiger partial charge in [0.25, 0.3) is 0 Å². The van der Waals surface area contributed by atoms with Crippen molar-refractivity contribution in [3.05, 3.63) is 23.0 Å². The number of hydrogen-bond donors (Lipinski definition) is 0. The first-order chi connectivity index (χ1) is 8.17. The third-order valence-corrected chi connectivity index (χ3v) is 3.82. The van der Waals surface area contributed by atoms with Crippen molar-refractivity contribution >= 4 is 6.29 Å². The van der Waals surface area contributed by atoms with Crippen LogP contribution in [0, 0.1) is 13.8 Å². The van der Waals surface area contributed by atoms with Crippen molar-refractivity contribution in [2.75, 3.05) is 13.1 Å². The third-order valence-electron chi connectivity index (χ3n) is 3.82. The molecule has 1 aromatic heterocycles. The average Bonchev–Trinajstić information content (AvgIpc) is 3.11. The van der Waals surface area contributed by atoms with E-state index in [2.05, 4.69) is 23.3 Å². The molecule has 0 saturated heterocycles. The van der Waals surface area contributed by atoms with Gasteiger partial charge in [0.15, 0.2) is 6.29 Å². The summed E-state index contributed by atoms with van der Waals surface area (Å²) in [6.45, 7) is 9.55. The van der Waals surface area contributed by atoms with Gasteiger partial charge in [-0.3, -0.25) is 9.69 Å². The van der Waals surface area contributed by atoms with Crippen LogP contribution in [0.25, 0.3) is 0 Å². The Kier molecular flexibility index (Phi) is 3.67. The molecule has 0 N–H and O–H groups in total. The highest BCUT2D eigenvalue weighted by Gasteiger charge is 2.27. The summed E-state index contributed by atoms with van der Waals surface area (Å²) >= 11 is 0. The lowest BCUT2D eigenvalue weighted by Gasteiger charge is -2.21. The molecule has 0 unspecified atom stereocenters. The standard InChI is InChI=1S/C14H22N2O/c1-4-15(14-5-6-14)7-8-16-11(2)9-13(10-17)12(16)3/h9-10,14H,4-8H2,1-3H3. The first-order valence-electron chi connectivity index (χ1n) is 6.53. The van der Waals surface area contributed by atoms with E-state index < -0.39 is 0 Å². The maximum atomic E-state index is 10.9. The van der Waals surface area contributed by atoms with Crippen LogP contribution in [-0.2, 0) is 6.54 Å². The Hall–Kier alpha value is -1.09. The third kappa shape index (κ3) is 2.60. The van der Waals surface area contributed by atoms with E-state index in [0.717, 1.165) is 43.2 Å². The van der Waals surface area contributed by atoms with Crippen LogP contribution < -0.4 is 0 Å². The minimum absolute atomic E-state index is 0.821. The monoisotopic (exact) mass is 234 g/mol. The van der Waals surface area contributed by atoms with Gasteiger partial charge >= 0.3 is 0 Å². The summed E-state index contributed by atoms with van der Waals surface area (Å²) in [5.41, 5.74) is 3.12. The Labute approximate surface area is 103 Å². The number of nitrogens with zero attached hydrogens (tertiary/aromatic N) is 2. The number of aromatic nitrogens is 1. The van der Waals surface area contributed by atoms with E-state index in [-0.39, 0.29) is 0 Å². The second-order valence-corrected chi connectivity index (χ2v) is 4.96. The largest absolute Gasteiger partial charge is 0.347 e. The number of carbonyl (C=O) groups excluding carboxylic acids is 1. The molecule has 1 heterocycles. The van der Waals surface area contributed by atoms with Gasteiger partial charge in [-0.1, -0.05) is 6.92 Å². The van der Waals surface area contributed by atoms with Crippen LogP contribution >= 0.6 is 0 Å². The second kappa shape index (κ2) is 5.05. The lowest BCUT2D eigenvalue weighted by molar-refractivity contribution is 0.112. The first-order valence-corrected chi connectivity index (χ1v) is 6.53. The fraction of sp³-hybridized carbons (Fsp3) is 0.643. The predicted octanol–water partition coefficient (Wildman–Crippen LogP) is 2.40. The molecule has 0 atom stereocenters. The van der Waals surface area contributed by atoms with E-state index in [1.165, 1.54) is 18.5 Å². The quantitative estimate of drug-likeness (QED) is 0.706. The van der Waals surface area contributed by atoms with E-state index in [4.69, 9.17) is 0 Å². The summed E-state index contributed by atoms with van der Waals surface area (Å²) in [5.74, 6) is 0. The van der Waals surface area contributed by atoms with E-state index in [1.54, 1.807) is 0 Å². The molecule has 3 heteroatoms. The number of carbonyl (C=O) groups is 1. The Morgan fingerprint density at radius 3 is 2.65 bits per heavy atom. The van der Waals surface area contributed by atoms with Gasteiger partial charge in [0, 0.05) is 36.1 Å². The molecule has 1 aromatic rings. The van der Waals surface area contributed by atoms with Gasteiger partial charge in [-0.05, 0) is 39.3 Å². The van der Waals surface area contributed by atoms with Gasteiger partial charge in [-0.2, -0.15) is 0 Å². The van der Waals surface area contributed by atoms with E-state index in [9.17, 15) is 4.79 Å². The molecule has 1 fully saturated rings. The fourth-order valence-electron chi connectivity index (χ4n) is 2.56. The van der Waals surface area contributed by atoms with Crippen LogP contribution in [0.15, 0.2) is 6.07 Å². The molecule has 17 heavy (non-hydrogen) atoms. The van der Waals surface area contributed by atoms with Gasteiger partial charge in [0.2, 0.25) is 0 Å². The maximum absolute atomic E-state index is 10.9. The van der Waals surface area contributed by atoms with Gasteiger partial charge in [-0.15, -0.1) is 0 Å². The Bertz CT molecular complexity index is 405. The van der Waals surface area contributed by atoms with Gasteiger partial charge < -0.3 is 4.57 Å². The Morgan fingerprint density at radius 1 is 1.47 bits per heavy atom. The molecule has 0 spiro atoms. The maximum Gasteiger partial charge on any atom is 0.151 e. The zero-order valence-corrected chi connectivity index (χ0v) is 11.1. The highest BCUT2D eigenvalue weighted by atomic mass is 16.1. The highest BCUT2D eigenvalue weighted by molar-refractivity contribution is 5.77. The summed E-state index contributed by atoms with van der Waals surface area (Å²) in [6.07, 6.45) is 3.67. The molecule has 0 amide bonds. The summed E-state index contributed by atoms with van der Waals surface area (Å²) in [4.78, 5) is 13.4. The highest BCUT2D eigenvalue weighted by Crippen LogP contribution is 2.26. The second-order valence-electron chi connectivity index (χ2n) is 4.96. The zero-order valence-electron chi connectivity index (χ0n) is 11.1. The molecule has 0 radical (unpaired) electrons. The topological polar surface area (TPSA) is 25.2 Å². The first kappa shape index (κ1) is 12.4. The summed E-state index contributed by atoms with van der Waals surface area (Å²) in [5, 5.41) is 0. The van der Waals surface area contributed by atoms with Crippen molar-refractivity contribution in [3.8, 4) is 0 Å². The number of aryl methyl sites for hydroxylation is 1. The summed E-state index contributed by atoms with van der Waals surface area (Å²) in [7, 11) is 0. The minimum atomic E-state index is 0.821. The number of likely N-dealkylation sites (N-methyl/N-ethyl adjacent to an activating group) is 1. The van der Waals surface area contributed by atoms with Crippen molar-refractivity contribution in [2.24, 2.45) is 0 Å². The molecule has 0 bridgehead atoms.